The van der Waals surface area contributed by atoms with Gasteiger partial charge in [0.2, 0.25) is 0 Å². The standard InChI is InChI=1S/C17H28N2/c1-13(2)19-8-7-16(12-19)10-18-11-17-6-5-14(3)9-15(17)4/h5-6,9,13,16,18H,7-8,10-12H2,1-4H3. The fraction of sp³-hybridized carbons (Fsp3) is 0.647. The fourth-order valence-electron chi connectivity index (χ4n) is 2.95. The van der Waals surface area contributed by atoms with E-state index in [1.807, 2.05) is 0 Å². The van der Waals surface area contributed by atoms with Gasteiger partial charge in [0, 0.05) is 19.1 Å². The Morgan fingerprint density at radius 3 is 2.74 bits per heavy atom. The van der Waals surface area contributed by atoms with E-state index in [1.54, 1.807) is 0 Å². The second-order valence-corrected chi connectivity index (χ2v) is 6.30. The quantitative estimate of drug-likeness (QED) is 0.875. The topological polar surface area (TPSA) is 15.3 Å². The average Bonchev–Trinajstić information content (AvgIpc) is 2.81. The van der Waals surface area contributed by atoms with Gasteiger partial charge < -0.3 is 10.2 Å². The van der Waals surface area contributed by atoms with Crippen LogP contribution >= 0.6 is 0 Å². The second-order valence-electron chi connectivity index (χ2n) is 6.30. The second kappa shape index (κ2) is 6.53. The van der Waals surface area contributed by atoms with Gasteiger partial charge in [0.15, 0.2) is 0 Å². The van der Waals surface area contributed by atoms with Crippen LogP contribution < -0.4 is 5.32 Å². The van der Waals surface area contributed by atoms with Crippen LogP contribution in [0.4, 0.5) is 0 Å². The molecule has 1 aromatic carbocycles. The van der Waals surface area contributed by atoms with E-state index in [9.17, 15) is 0 Å². The van der Waals surface area contributed by atoms with Gasteiger partial charge in [-0.05, 0) is 64.3 Å². The van der Waals surface area contributed by atoms with Gasteiger partial charge in [-0.15, -0.1) is 0 Å². The molecule has 1 aliphatic heterocycles. The summed E-state index contributed by atoms with van der Waals surface area (Å²) in [5.41, 5.74) is 4.19. The third kappa shape index (κ3) is 4.05. The van der Waals surface area contributed by atoms with Crippen LogP contribution in [0, 0.1) is 19.8 Å². The Morgan fingerprint density at radius 2 is 2.11 bits per heavy atom. The third-order valence-electron chi connectivity index (χ3n) is 4.29. The maximum atomic E-state index is 3.64. The van der Waals surface area contributed by atoms with E-state index in [0.29, 0.717) is 6.04 Å². The first-order chi connectivity index (χ1) is 9.06. The summed E-state index contributed by atoms with van der Waals surface area (Å²) in [5, 5.41) is 3.64. The molecule has 1 saturated heterocycles. The van der Waals surface area contributed by atoms with Crippen molar-refractivity contribution in [2.45, 2.75) is 46.7 Å². The normalized spacial score (nSPS) is 20.4. The molecule has 2 nitrogen and oxygen atoms in total. The first-order valence-corrected chi connectivity index (χ1v) is 7.57. The average molecular weight is 260 g/mol. The molecular formula is C17H28N2. The summed E-state index contributed by atoms with van der Waals surface area (Å²) >= 11 is 0. The summed E-state index contributed by atoms with van der Waals surface area (Å²) < 4.78 is 0. The summed E-state index contributed by atoms with van der Waals surface area (Å²) in [7, 11) is 0. The van der Waals surface area contributed by atoms with Gasteiger partial charge in [0.1, 0.15) is 0 Å². The number of hydrogen-bond acceptors (Lipinski definition) is 2. The molecule has 0 amide bonds. The van der Waals surface area contributed by atoms with Crippen LogP contribution in [0.15, 0.2) is 18.2 Å². The van der Waals surface area contributed by atoms with Crippen LogP contribution in [0.3, 0.4) is 0 Å². The van der Waals surface area contributed by atoms with Gasteiger partial charge in [-0.2, -0.15) is 0 Å². The van der Waals surface area contributed by atoms with Crippen LogP contribution in [-0.4, -0.2) is 30.6 Å². The Hall–Kier alpha value is -0.860. The van der Waals surface area contributed by atoms with Crippen LogP contribution in [-0.2, 0) is 6.54 Å². The van der Waals surface area contributed by atoms with Gasteiger partial charge in [0.25, 0.3) is 0 Å². The van der Waals surface area contributed by atoms with Crippen molar-refractivity contribution in [2.24, 2.45) is 5.92 Å². The van der Waals surface area contributed by atoms with Gasteiger partial charge in [-0.1, -0.05) is 23.8 Å². The molecule has 0 spiro atoms. The molecule has 0 aliphatic carbocycles. The number of benzene rings is 1. The maximum absolute atomic E-state index is 3.64. The van der Waals surface area contributed by atoms with Crippen molar-refractivity contribution in [3.63, 3.8) is 0 Å². The van der Waals surface area contributed by atoms with Crippen LogP contribution in [0.2, 0.25) is 0 Å². The molecule has 1 atom stereocenters. The van der Waals surface area contributed by atoms with Crippen molar-refractivity contribution in [1.82, 2.24) is 10.2 Å². The Kier molecular flexibility index (Phi) is 5.00. The number of nitrogens with one attached hydrogen (secondary N) is 1. The molecule has 1 aliphatic rings. The molecular weight excluding hydrogens is 232 g/mol. The number of rotatable bonds is 5. The number of nitrogens with zero attached hydrogens (tertiary/aromatic N) is 1. The molecule has 1 N–H and O–H groups in total. The molecule has 1 aromatic rings. The third-order valence-corrected chi connectivity index (χ3v) is 4.29. The highest BCUT2D eigenvalue weighted by Gasteiger charge is 2.23. The van der Waals surface area contributed by atoms with Gasteiger partial charge >= 0.3 is 0 Å². The zero-order chi connectivity index (χ0) is 13.8. The minimum Gasteiger partial charge on any atom is -0.312 e. The Bertz CT molecular complexity index is 412. The SMILES string of the molecule is Cc1ccc(CNCC2CCN(C(C)C)C2)c(C)c1. The minimum atomic E-state index is 0.698. The van der Waals surface area contributed by atoms with Crippen molar-refractivity contribution in [2.75, 3.05) is 19.6 Å². The van der Waals surface area contributed by atoms with Crippen LogP contribution in [0.1, 0.15) is 37.0 Å². The van der Waals surface area contributed by atoms with E-state index < -0.39 is 0 Å². The smallest absolute Gasteiger partial charge is 0.0208 e. The van der Waals surface area contributed by atoms with Gasteiger partial charge in [-0.3, -0.25) is 0 Å². The first-order valence-electron chi connectivity index (χ1n) is 7.57. The summed E-state index contributed by atoms with van der Waals surface area (Å²) in [4.78, 5) is 2.59. The van der Waals surface area contributed by atoms with Crippen molar-refractivity contribution in [3.05, 3.63) is 34.9 Å². The van der Waals surface area contributed by atoms with Crippen molar-refractivity contribution in [1.29, 1.82) is 0 Å². The Labute approximate surface area is 118 Å². The van der Waals surface area contributed by atoms with Crippen molar-refractivity contribution >= 4 is 0 Å². The van der Waals surface area contributed by atoms with E-state index >= 15 is 0 Å². The predicted molar refractivity (Wildman–Crippen MR) is 82.4 cm³/mol. The van der Waals surface area contributed by atoms with Crippen LogP contribution in [0.25, 0.3) is 0 Å². The fourth-order valence-corrected chi connectivity index (χ4v) is 2.95. The lowest BCUT2D eigenvalue weighted by atomic mass is 10.1. The van der Waals surface area contributed by atoms with E-state index in [1.165, 1.54) is 36.2 Å². The molecule has 1 heterocycles. The number of aryl methyl sites for hydroxylation is 2. The first kappa shape index (κ1) is 14.5. The van der Waals surface area contributed by atoms with Crippen molar-refractivity contribution in [3.8, 4) is 0 Å². The largest absolute Gasteiger partial charge is 0.312 e. The summed E-state index contributed by atoms with van der Waals surface area (Å²) in [5.74, 6) is 0.827. The Balaban J connectivity index is 1.75. The lowest BCUT2D eigenvalue weighted by Crippen LogP contribution is -2.30. The maximum Gasteiger partial charge on any atom is 0.0208 e. The molecule has 0 bridgehead atoms. The Morgan fingerprint density at radius 1 is 1.32 bits per heavy atom. The van der Waals surface area contributed by atoms with E-state index in [0.717, 1.165) is 19.0 Å². The summed E-state index contributed by atoms with van der Waals surface area (Å²) in [6.45, 7) is 13.6. The van der Waals surface area contributed by atoms with Crippen molar-refractivity contribution < 1.29 is 0 Å². The molecule has 2 heteroatoms. The molecule has 1 fully saturated rings. The van der Waals surface area contributed by atoms with E-state index in [-0.39, 0.29) is 0 Å². The van der Waals surface area contributed by atoms with Gasteiger partial charge in [-0.25, -0.2) is 0 Å². The highest BCUT2D eigenvalue weighted by Crippen LogP contribution is 2.18. The lowest BCUT2D eigenvalue weighted by Gasteiger charge is -2.20. The van der Waals surface area contributed by atoms with Gasteiger partial charge in [0.05, 0.1) is 0 Å². The highest BCUT2D eigenvalue weighted by molar-refractivity contribution is 5.30. The molecule has 106 valence electrons. The monoisotopic (exact) mass is 260 g/mol. The highest BCUT2D eigenvalue weighted by atomic mass is 15.2. The number of likely N-dealkylation sites (tertiary alicyclic amines) is 1. The summed E-state index contributed by atoms with van der Waals surface area (Å²) in [6, 6.07) is 7.43. The van der Waals surface area contributed by atoms with Crippen LogP contribution in [0.5, 0.6) is 0 Å². The van der Waals surface area contributed by atoms with E-state index in [4.69, 9.17) is 0 Å². The molecule has 2 rings (SSSR count). The predicted octanol–water partition coefficient (Wildman–Crippen LogP) is 3.12. The molecule has 0 radical (unpaired) electrons. The molecule has 0 saturated carbocycles. The zero-order valence-corrected chi connectivity index (χ0v) is 12.9. The number of hydrogen-bond donors (Lipinski definition) is 1. The molecule has 1 unspecified atom stereocenters. The lowest BCUT2D eigenvalue weighted by molar-refractivity contribution is 0.264. The molecule has 0 aromatic heterocycles. The zero-order valence-electron chi connectivity index (χ0n) is 12.9. The van der Waals surface area contributed by atoms with E-state index in [2.05, 4.69) is 56.1 Å². The summed E-state index contributed by atoms with van der Waals surface area (Å²) in [6.07, 6.45) is 1.35. The molecule has 19 heavy (non-hydrogen) atoms. The minimum absolute atomic E-state index is 0.698.